The molecule has 0 aliphatic rings. The van der Waals surface area contributed by atoms with Gasteiger partial charge >= 0.3 is 0 Å². The lowest BCUT2D eigenvalue weighted by atomic mass is 10.0. The Morgan fingerprint density at radius 1 is 1.44 bits per heavy atom. The molecule has 0 aliphatic heterocycles. The van der Waals surface area contributed by atoms with E-state index in [1.54, 1.807) is 6.26 Å². The molecule has 1 heterocycles. The van der Waals surface area contributed by atoms with Crippen molar-refractivity contribution in [3.8, 4) is 0 Å². The van der Waals surface area contributed by atoms with E-state index in [1.165, 1.54) is 12.8 Å². The molecule has 1 aromatic heterocycles. The molecule has 0 saturated heterocycles. The fourth-order valence-corrected chi connectivity index (χ4v) is 1.83. The van der Waals surface area contributed by atoms with Gasteiger partial charge in [0.2, 0.25) is 0 Å². The van der Waals surface area contributed by atoms with Gasteiger partial charge in [-0.05, 0) is 44.1 Å². The van der Waals surface area contributed by atoms with Crippen LogP contribution in [-0.4, -0.2) is 24.5 Å². The summed E-state index contributed by atoms with van der Waals surface area (Å²) in [4.78, 5) is 2.40. The van der Waals surface area contributed by atoms with Gasteiger partial charge in [0.05, 0.1) is 12.8 Å². The molecule has 0 saturated carbocycles. The maximum absolute atomic E-state index is 5.71. The van der Waals surface area contributed by atoms with Crippen molar-refractivity contribution < 1.29 is 4.42 Å². The van der Waals surface area contributed by atoms with Crippen LogP contribution >= 0.6 is 0 Å². The summed E-state index contributed by atoms with van der Waals surface area (Å²) in [5, 5.41) is 0. The van der Waals surface area contributed by atoms with Gasteiger partial charge in [-0.1, -0.05) is 20.3 Å². The van der Waals surface area contributed by atoms with Crippen LogP contribution in [0.3, 0.4) is 0 Å². The Balaban J connectivity index is 2.31. The summed E-state index contributed by atoms with van der Waals surface area (Å²) in [5.74, 6) is 1.70. The number of nitrogens with zero attached hydrogens (tertiary/aromatic N) is 1. The van der Waals surface area contributed by atoms with Gasteiger partial charge in [-0.2, -0.15) is 0 Å². The van der Waals surface area contributed by atoms with Gasteiger partial charge < -0.3 is 10.2 Å². The Morgan fingerprint density at radius 2 is 2.25 bits per heavy atom. The predicted octanol–water partition coefficient (Wildman–Crippen LogP) is 2.48. The number of nitrogens with two attached hydrogens (primary N) is 1. The van der Waals surface area contributed by atoms with Crippen LogP contribution in [0.15, 0.2) is 22.8 Å². The van der Waals surface area contributed by atoms with E-state index in [1.807, 2.05) is 12.1 Å². The van der Waals surface area contributed by atoms with Crippen molar-refractivity contribution in [1.29, 1.82) is 0 Å². The van der Waals surface area contributed by atoms with Gasteiger partial charge in [-0.25, -0.2) is 0 Å². The smallest absolute Gasteiger partial charge is 0.117 e. The number of hydrogen-bond acceptors (Lipinski definition) is 3. The molecule has 0 radical (unpaired) electrons. The van der Waals surface area contributed by atoms with E-state index < -0.39 is 0 Å². The summed E-state index contributed by atoms with van der Waals surface area (Å²) >= 11 is 0. The molecular formula is C13H24N2O. The lowest BCUT2D eigenvalue weighted by molar-refractivity contribution is 0.235. The van der Waals surface area contributed by atoms with Crippen molar-refractivity contribution in [3.63, 3.8) is 0 Å². The predicted molar refractivity (Wildman–Crippen MR) is 67.1 cm³/mol. The fraction of sp³-hybridized carbons (Fsp3) is 0.692. The molecule has 1 unspecified atom stereocenters. The third-order valence-corrected chi connectivity index (χ3v) is 3.17. The van der Waals surface area contributed by atoms with Crippen LogP contribution < -0.4 is 5.73 Å². The molecule has 1 rings (SSSR count). The number of hydrogen-bond donors (Lipinski definition) is 1. The quantitative estimate of drug-likeness (QED) is 0.737. The average Bonchev–Trinajstić information content (AvgIpc) is 2.81. The van der Waals surface area contributed by atoms with E-state index in [-0.39, 0.29) is 0 Å². The van der Waals surface area contributed by atoms with Crippen LogP contribution in [0.5, 0.6) is 0 Å². The number of furan rings is 1. The first kappa shape index (κ1) is 13.3. The lowest BCUT2D eigenvalue weighted by Crippen LogP contribution is -2.27. The van der Waals surface area contributed by atoms with E-state index in [0.717, 1.165) is 31.9 Å². The van der Waals surface area contributed by atoms with E-state index in [2.05, 4.69) is 18.7 Å². The van der Waals surface area contributed by atoms with Gasteiger partial charge in [0.1, 0.15) is 5.76 Å². The Labute approximate surface area is 98.6 Å². The van der Waals surface area contributed by atoms with Gasteiger partial charge in [0.15, 0.2) is 0 Å². The van der Waals surface area contributed by atoms with Crippen molar-refractivity contribution in [2.45, 2.75) is 33.2 Å². The summed E-state index contributed by atoms with van der Waals surface area (Å²) in [7, 11) is 0. The third-order valence-electron chi connectivity index (χ3n) is 3.17. The maximum atomic E-state index is 5.71. The average molecular weight is 224 g/mol. The Morgan fingerprint density at radius 3 is 2.75 bits per heavy atom. The Bertz CT molecular complexity index is 255. The summed E-state index contributed by atoms with van der Waals surface area (Å²) in [6.45, 7) is 8.26. The monoisotopic (exact) mass is 224 g/mol. The normalized spacial score (nSPS) is 13.2. The van der Waals surface area contributed by atoms with Crippen LogP contribution in [0.4, 0.5) is 0 Å². The molecule has 0 amide bonds. The molecule has 0 aliphatic carbocycles. The molecular weight excluding hydrogens is 200 g/mol. The van der Waals surface area contributed by atoms with Crippen molar-refractivity contribution >= 4 is 0 Å². The van der Waals surface area contributed by atoms with Crippen LogP contribution in [0.2, 0.25) is 0 Å². The van der Waals surface area contributed by atoms with Crippen molar-refractivity contribution in [1.82, 2.24) is 4.90 Å². The minimum atomic E-state index is 0.658. The molecule has 0 fully saturated rings. The highest BCUT2D eigenvalue weighted by Crippen LogP contribution is 2.10. The Hall–Kier alpha value is -0.800. The largest absolute Gasteiger partial charge is 0.468 e. The second kappa shape index (κ2) is 7.47. The summed E-state index contributed by atoms with van der Waals surface area (Å²) in [5.41, 5.74) is 5.71. The molecule has 0 spiro atoms. The molecule has 0 bridgehead atoms. The van der Waals surface area contributed by atoms with Crippen LogP contribution in [0, 0.1) is 5.92 Å². The molecule has 0 aromatic carbocycles. The first-order chi connectivity index (χ1) is 7.80. The van der Waals surface area contributed by atoms with Crippen molar-refractivity contribution in [2.24, 2.45) is 11.7 Å². The fourth-order valence-electron chi connectivity index (χ4n) is 1.83. The number of rotatable bonds is 8. The molecule has 92 valence electrons. The zero-order valence-electron chi connectivity index (χ0n) is 10.5. The van der Waals surface area contributed by atoms with Gasteiger partial charge in [-0.3, -0.25) is 4.90 Å². The van der Waals surface area contributed by atoms with E-state index in [4.69, 9.17) is 10.2 Å². The van der Waals surface area contributed by atoms with Gasteiger partial charge in [-0.15, -0.1) is 0 Å². The van der Waals surface area contributed by atoms with Gasteiger partial charge in [0, 0.05) is 0 Å². The second-order valence-electron chi connectivity index (χ2n) is 4.25. The van der Waals surface area contributed by atoms with Crippen LogP contribution in [-0.2, 0) is 6.54 Å². The first-order valence-electron chi connectivity index (χ1n) is 6.24. The second-order valence-corrected chi connectivity index (χ2v) is 4.25. The minimum Gasteiger partial charge on any atom is -0.468 e. The third kappa shape index (κ3) is 4.37. The first-order valence-corrected chi connectivity index (χ1v) is 6.24. The van der Waals surface area contributed by atoms with E-state index in [9.17, 15) is 0 Å². The molecule has 2 N–H and O–H groups in total. The zero-order chi connectivity index (χ0) is 11.8. The Kier molecular flexibility index (Phi) is 6.19. The van der Waals surface area contributed by atoms with Crippen molar-refractivity contribution in [2.75, 3.05) is 19.6 Å². The highest BCUT2D eigenvalue weighted by molar-refractivity contribution is 4.97. The highest BCUT2D eigenvalue weighted by Gasteiger charge is 2.09. The summed E-state index contributed by atoms with van der Waals surface area (Å²) in [6, 6.07) is 3.97. The van der Waals surface area contributed by atoms with E-state index in [0.29, 0.717) is 5.92 Å². The van der Waals surface area contributed by atoms with E-state index >= 15 is 0 Å². The molecule has 1 atom stereocenters. The lowest BCUT2D eigenvalue weighted by Gasteiger charge is -2.21. The van der Waals surface area contributed by atoms with Gasteiger partial charge in [0.25, 0.3) is 0 Å². The SMILES string of the molecule is CCC(CN)CCN(CC)Cc1ccco1. The van der Waals surface area contributed by atoms with Crippen LogP contribution in [0.1, 0.15) is 32.4 Å². The molecule has 3 nitrogen and oxygen atoms in total. The maximum Gasteiger partial charge on any atom is 0.117 e. The van der Waals surface area contributed by atoms with Crippen molar-refractivity contribution in [3.05, 3.63) is 24.2 Å². The zero-order valence-corrected chi connectivity index (χ0v) is 10.5. The molecule has 16 heavy (non-hydrogen) atoms. The van der Waals surface area contributed by atoms with Crippen LogP contribution in [0.25, 0.3) is 0 Å². The standard InChI is InChI=1S/C13H24N2O/c1-3-12(10-14)7-8-15(4-2)11-13-6-5-9-16-13/h5-6,9,12H,3-4,7-8,10-11,14H2,1-2H3. The topological polar surface area (TPSA) is 42.4 Å². The highest BCUT2D eigenvalue weighted by atomic mass is 16.3. The summed E-state index contributed by atoms with van der Waals surface area (Å²) < 4.78 is 5.36. The molecule has 1 aromatic rings. The molecule has 3 heteroatoms. The minimum absolute atomic E-state index is 0.658. The summed E-state index contributed by atoms with van der Waals surface area (Å²) in [6.07, 6.45) is 4.09.